The highest BCUT2D eigenvalue weighted by Gasteiger charge is 2.31. The van der Waals surface area contributed by atoms with Gasteiger partial charge in [-0.25, -0.2) is 21.1 Å². The van der Waals surface area contributed by atoms with Gasteiger partial charge in [0.15, 0.2) is 0 Å². The summed E-state index contributed by atoms with van der Waals surface area (Å²) in [6.07, 6.45) is 7.58. The van der Waals surface area contributed by atoms with Crippen LogP contribution in [-0.2, 0) is 19.9 Å². The zero-order chi connectivity index (χ0) is 15.7. The van der Waals surface area contributed by atoms with Gasteiger partial charge < -0.3 is 5.32 Å². The fraction of sp³-hybridized carbons (Fsp3) is 1.00. The average Bonchev–Trinajstić information content (AvgIpc) is 2.37. The SMILES string of the molecule is CS(=O)(=O)C1CCCC(NC2CCN(S(C)(=O)=O)CC2)C1. The monoisotopic (exact) mass is 338 g/mol. The molecule has 0 radical (unpaired) electrons. The Morgan fingerprint density at radius 3 is 2.05 bits per heavy atom. The molecule has 1 saturated heterocycles. The Labute approximate surface area is 128 Å². The van der Waals surface area contributed by atoms with E-state index >= 15 is 0 Å². The first-order chi connectivity index (χ1) is 9.66. The van der Waals surface area contributed by atoms with E-state index in [1.165, 1.54) is 16.8 Å². The quantitative estimate of drug-likeness (QED) is 0.800. The third-order valence-electron chi connectivity index (χ3n) is 4.63. The van der Waals surface area contributed by atoms with Gasteiger partial charge in [0.2, 0.25) is 10.0 Å². The van der Waals surface area contributed by atoms with E-state index in [0.29, 0.717) is 25.6 Å². The molecule has 124 valence electrons. The summed E-state index contributed by atoms with van der Waals surface area (Å²) in [5.74, 6) is 0. The molecule has 2 fully saturated rings. The molecule has 1 N–H and O–H groups in total. The predicted octanol–water partition coefficient (Wildman–Crippen LogP) is 0.356. The second-order valence-corrected chi connectivity index (χ2v) is 10.7. The van der Waals surface area contributed by atoms with Gasteiger partial charge in [-0.15, -0.1) is 0 Å². The molecular weight excluding hydrogens is 312 g/mol. The molecule has 2 aliphatic rings. The molecule has 0 spiro atoms. The summed E-state index contributed by atoms with van der Waals surface area (Å²) in [5.41, 5.74) is 0. The molecule has 2 unspecified atom stereocenters. The van der Waals surface area contributed by atoms with E-state index in [0.717, 1.165) is 32.1 Å². The average molecular weight is 338 g/mol. The highest BCUT2D eigenvalue weighted by Crippen LogP contribution is 2.25. The molecule has 1 heterocycles. The van der Waals surface area contributed by atoms with Crippen molar-refractivity contribution in [3.63, 3.8) is 0 Å². The number of rotatable bonds is 4. The molecule has 2 atom stereocenters. The Balaban J connectivity index is 1.84. The number of sulfone groups is 1. The maximum absolute atomic E-state index is 11.7. The number of piperidine rings is 1. The van der Waals surface area contributed by atoms with Crippen molar-refractivity contribution >= 4 is 19.9 Å². The van der Waals surface area contributed by atoms with Gasteiger partial charge in [0.05, 0.1) is 11.5 Å². The van der Waals surface area contributed by atoms with E-state index in [9.17, 15) is 16.8 Å². The Morgan fingerprint density at radius 2 is 1.52 bits per heavy atom. The maximum Gasteiger partial charge on any atom is 0.211 e. The molecule has 0 bridgehead atoms. The van der Waals surface area contributed by atoms with Gasteiger partial charge in [0.25, 0.3) is 0 Å². The molecule has 1 saturated carbocycles. The van der Waals surface area contributed by atoms with Crippen LogP contribution in [0.4, 0.5) is 0 Å². The van der Waals surface area contributed by atoms with Crippen molar-refractivity contribution in [1.29, 1.82) is 0 Å². The number of hydrogen-bond acceptors (Lipinski definition) is 5. The first-order valence-corrected chi connectivity index (χ1v) is 11.4. The molecule has 0 amide bonds. The van der Waals surface area contributed by atoms with Gasteiger partial charge in [-0.3, -0.25) is 0 Å². The summed E-state index contributed by atoms with van der Waals surface area (Å²) in [6.45, 7) is 1.11. The van der Waals surface area contributed by atoms with Crippen LogP contribution in [-0.4, -0.2) is 64.1 Å². The first-order valence-electron chi connectivity index (χ1n) is 7.56. The molecule has 0 aromatic rings. The molecule has 1 aliphatic carbocycles. The largest absolute Gasteiger partial charge is 0.311 e. The number of nitrogens with zero attached hydrogens (tertiary/aromatic N) is 1. The van der Waals surface area contributed by atoms with Gasteiger partial charge in [-0.05, 0) is 32.1 Å². The highest BCUT2D eigenvalue weighted by molar-refractivity contribution is 7.91. The summed E-state index contributed by atoms with van der Waals surface area (Å²) in [7, 11) is -6.04. The molecular formula is C13H26N2O4S2. The molecule has 1 aliphatic heterocycles. The lowest BCUT2D eigenvalue weighted by atomic mass is 9.93. The lowest BCUT2D eigenvalue weighted by Crippen LogP contribution is -2.49. The summed E-state index contributed by atoms with van der Waals surface area (Å²) in [4.78, 5) is 0. The van der Waals surface area contributed by atoms with E-state index in [2.05, 4.69) is 5.32 Å². The second kappa shape index (κ2) is 6.52. The van der Waals surface area contributed by atoms with Crippen LogP contribution in [0.5, 0.6) is 0 Å². The zero-order valence-electron chi connectivity index (χ0n) is 12.8. The standard InChI is InChI=1S/C13H26N2O4S2/c1-20(16,17)13-5-3-4-12(10-13)14-11-6-8-15(9-7-11)21(2,18)19/h11-14H,3-10H2,1-2H3. The Hall–Kier alpha value is -0.180. The van der Waals surface area contributed by atoms with Crippen molar-refractivity contribution < 1.29 is 16.8 Å². The number of sulfonamides is 1. The first kappa shape index (κ1) is 17.2. The van der Waals surface area contributed by atoms with Gasteiger partial charge >= 0.3 is 0 Å². The fourth-order valence-electron chi connectivity index (χ4n) is 3.37. The van der Waals surface area contributed by atoms with Gasteiger partial charge in [-0.2, -0.15) is 0 Å². The minimum Gasteiger partial charge on any atom is -0.311 e. The van der Waals surface area contributed by atoms with Crippen LogP contribution in [0.25, 0.3) is 0 Å². The van der Waals surface area contributed by atoms with Crippen LogP contribution in [0, 0.1) is 0 Å². The van der Waals surface area contributed by atoms with Crippen LogP contribution >= 0.6 is 0 Å². The van der Waals surface area contributed by atoms with Crippen molar-refractivity contribution in [2.75, 3.05) is 25.6 Å². The van der Waals surface area contributed by atoms with Crippen molar-refractivity contribution in [3.05, 3.63) is 0 Å². The summed E-state index contributed by atoms with van der Waals surface area (Å²) in [5, 5.41) is 3.32. The van der Waals surface area contributed by atoms with Gasteiger partial charge in [0, 0.05) is 31.4 Å². The van der Waals surface area contributed by atoms with Crippen molar-refractivity contribution in [3.8, 4) is 0 Å². The lowest BCUT2D eigenvalue weighted by molar-refractivity contribution is 0.253. The third-order valence-corrected chi connectivity index (χ3v) is 7.57. The molecule has 2 rings (SSSR count). The van der Waals surface area contributed by atoms with E-state index in [1.807, 2.05) is 0 Å². The minimum absolute atomic E-state index is 0.222. The van der Waals surface area contributed by atoms with Crippen LogP contribution in [0.3, 0.4) is 0 Å². The maximum atomic E-state index is 11.7. The molecule has 8 heteroatoms. The molecule has 6 nitrogen and oxygen atoms in total. The van der Waals surface area contributed by atoms with Crippen LogP contribution in [0.15, 0.2) is 0 Å². The van der Waals surface area contributed by atoms with Crippen molar-refractivity contribution in [2.24, 2.45) is 0 Å². The van der Waals surface area contributed by atoms with E-state index in [-0.39, 0.29) is 11.3 Å². The molecule has 21 heavy (non-hydrogen) atoms. The summed E-state index contributed by atoms with van der Waals surface area (Å²) in [6, 6.07) is 0.541. The molecule has 0 aromatic heterocycles. The predicted molar refractivity (Wildman–Crippen MR) is 83.5 cm³/mol. The number of hydrogen-bond donors (Lipinski definition) is 1. The molecule has 0 aromatic carbocycles. The Kier molecular flexibility index (Phi) is 5.33. The van der Waals surface area contributed by atoms with Crippen molar-refractivity contribution in [2.45, 2.75) is 55.9 Å². The zero-order valence-corrected chi connectivity index (χ0v) is 14.4. The van der Waals surface area contributed by atoms with Crippen LogP contribution in [0.2, 0.25) is 0 Å². The van der Waals surface area contributed by atoms with E-state index < -0.39 is 19.9 Å². The van der Waals surface area contributed by atoms with E-state index in [1.54, 1.807) is 0 Å². The Morgan fingerprint density at radius 1 is 0.905 bits per heavy atom. The van der Waals surface area contributed by atoms with Crippen LogP contribution in [0.1, 0.15) is 38.5 Å². The smallest absolute Gasteiger partial charge is 0.211 e. The second-order valence-electron chi connectivity index (χ2n) is 6.42. The third kappa shape index (κ3) is 4.91. The van der Waals surface area contributed by atoms with Gasteiger partial charge in [0.1, 0.15) is 9.84 Å². The highest BCUT2D eigenvalue weighted by atomic mass is 32.2. The van der Waals surface area contributed by atoms with Crippen molar-refractivity contribution in [1.82, 2.24) is 9.62 Å². The number of nitrogens with one attached hydrogen (secondary N) is 1. The Bertz CT molecular complexity index is 551. The fourth-order valence-corrected chi connectivity index (χ4v) is 5.42. The van der Waals surface area contributed by atoms with Crippen LogP contribution < -0.4 is 5.32 Å². The van der Waals surface area contributed by atoms with E-state index in [4.69, 9.17) is 0 Å². The summed E-state index contributed by atoms with van der Waals surface area (Å²) >= 11 is 0. The summed E-state index contributed by atoms with van der Waals surface area (Å²) < 4.78 is 47.8. The minimum atomic E-state index is -3.08. The lowest BCUT2D eigenvalue weighted by Gasteiger charge is -2.36. The normalized spacial score (nSPS) is 30.4. The van der Waals surface area contributed by atoms with Gasteiger partial charge in [-0.1, -0.05) is 6.42 Å². The topological polar surface area (TPSA) is 83.6 Å².